The van der Waals surface area contributed by atoms with E-state index in [2.05, 4.69) is 5.10 Å². The van der Waals surface area contributed by atoms with Crippen LogP contribution in [0.4, 0.5) is 13.2 Å². The summed E-state index contributed by atoms with van der Waals surface area (Å²) in [5.41, 5.74) is 0.741. The molecule has 0 spiro atoms. The Morgan fingerprint density at radius 2 is 1.88 bits per heavy atom. The summed E-state index contributed by atoms with van der Waals surface area (Å²) in [7, 11) is -2.67. The van der Waals surface area contributed by atoms with Gasteiger partial charge in [0, 0.05) is 50.8 Å². The van der Waals surface area contributed by atoms with Crippen LogP contribution in [-0.2, 0) is 17.1 Å². The third-order valence-corrected chi connectivity index (χ3v) is 6.23. The number of nitrogens with zero attached hydrogens (tertiary/aromatic N) is 3. The molecule has 0 bridgehead atoms. The van der Waals surface area contributed by atoms with Crippen LogP contribution in [0.5, 0.6) is 0 Å². The molecule has 1 aliphatic heterocycles. The first kappa shape index (κ1) is 17.9. The van der Waals surface area contributed by atoms with Gasteiger partial charge < -0.3 is 5.11 Å². The molecule has 0 saturated carbocycles. The maximum absolute atomic E-state index is 13.9. The number of rotatable bonds is 4. The van der Waals surface area contributed by atoms with Crippen molar-refractivity contribution in [2.75, 3.05) is 19.7 Å². The van der Waals surface area contributed by atoms with Crippen molar-refractivity contribution in [3.8, 4) is 0 Å². The Bertz CT molecular complexity index is 901. The van der Waals surface area contributed by atoms with Crippen molar-refractivity contribution in [2.24, 2.45) is 13.0 Å². The lowest BCUT2D eigenvalue weighted by Crippen LogP contribution is -2.30. The summed E-state index contributed by atoms with van der Waals surface area (Å²) in [6.07, 6.45) is 3.28. The van der Waals surface area contributed by atoms with Gasteiger partial charge in [-0.25, -0.2) is 21.6 Å². The second-order valence-electron chi connectivity index (χ2n) is 6.02. The average molecular weight is 375 g/mol. The minimum atomic E-state index is -4.37. The van der Waals surface area contributed by atoms with Crippen LogP contribution in [0, 0.1) is 23.4 Å². The lowest BCUT2D eigenvalue weighted by molar-refractivity contribution is 0.223. The van der Waals surface area contributed by atoms with Crippen LogP contribution in [0.1, 0.15) is 11.5 Å². The summed E-state index contributed by atoms with van der Waals surface area (Å²) >= 11 is 0. The number of hydrogen-bond acceptors (Lipinski definition) is 4. The number of aromatic nitrogens is 2. The van der Waals surface area contributed by atoms with Gasteiger partial charge in [0.25, 0.3) is 0 Å². The summed E-state index contributed by atoms with van der Waals surface area (Å²) in [6, 6.07) is 0.547. The molecule has 1 aromatic heterocycles. The summed E-state index contributed by atoms with van der Waals surface area (Å²) < 4.78 is 68.2. The first-order valence-corrected chi connectivity index (χ1v) is 8.92. The normalized spacial score (nSPS) is 21.8. The molecule has 0 unspecified atom stereocenters. The van der Waals surface area contributed by atoms with Gasteiger partial charge in [0.05, 0.1) is 6.20 Å². The molecule has 1 fully saturated rings. The fourth-order valence-electron chi connectivity index (χ4n) is 3.06. The van der Waals surface area contributed by atoms with Crippen LogP contribution in [0.3, 0.4) is 0 Å². The minimum absolute atomic E-state index is 0.0162. The summed E-state index contributed by atoms with van der Waals surface area (Å²) in [4.78, 5) is -0.921. The number of aliphatic hydroxyl groups excluding tert-OH is 1. The molecule has 1 saturated heterocycles. The Morgan fingerprint density at radius 3 is 2.48 bits per heavy atom. The van der Waals surface area contributed by atoms with Gasteiger partial charge in [-0.1, -0.05) is 0 Å². The molecule has 2 atom stereocenters. The van der Waals surface area contributed by atoms with E-state index in [0.717, 1.165) is 9.87 Å². The third kappa shape index (κ3) is 3.16. The van der Waals surface area contributed by atoms with Gasteiger partial charge in [-0.05, 0) is 11.6 Å². The summed E-state index contributed by atoms with van der Waals surface area (Å²) in [5.74, 6) is -5.00. The highest BCUT2D eigenvalue weighted by molar-refractivity contribution is 7.89. The molecule has 2 aromatic rings. The monoisotopic (exact) mass is 375 g/mol. The van der Waals surface area contributed by atoms with Gasteiger partial charge in [0.1, 0.15) is 10.7 Å². The Labute approximate surface area is 142 Å². The van der Waals surface area contributed by atoms with E-state index < -0.39 is 38.3 Å². The van der Waals surface area contributed by atoms with Crippen LogP contribution in [0.15, 0.2) is 29.4 Å². The van der Waals surface area contributed by atoms with Gasteiger partial charge in [-0.2, -0.15) is 9.40 Å². The van der Waals surface area contributed by atoms with E-state index in [1.807, 2.05) is 0 Å². The standard InChI is InChI=1S/C15H16F3N3O3S/c1-20-5-9(4-19-20)11-7-21(6-10(11)8-22)25(23,24)15-3-13(17)12(16)2-14(15)18/h2-5,10-11,22H,6-8H2,1H3/t10-,11-/m0/s1. The Kier molecular flexibility index (Phi) is 4.60. The lowest BCUT2D eigenvalue weighted by Gasteiger charge is -2.17. The predicted molar refractivity (Wildman–Crippen MR) is 81.6 cm³/mol. The number of halogens is 3. The summed E-state index contributed by atoms with van der Waals surface area (Å²) in [6.45, 7) is -0.347. The fourth-order valence-corrected chi connectivity index (χ4v) is 4.64. The number of aliphatic hydroxyl groups is 1. The zero-order valence-corrected chi connectivity index (χ0v) is 14.0. The fraction of sp³-hybridized carbons (Fsp3) is 0.400. The molecule has 10 heteroatoms. The molecule has 25 heavy (non-hydrogen) atoms. The molecule has 0 radical (unpaired) electrons. The van der Waals surface area contributed by atoms with Crippen molar-refractivity contribution in [3.05, 3.63) is 47.5 Å². The van der Waals surface area contributed by atoms with Crippen molar-refractivity contribution < 1.29 is 26.7 Å². The highest BCUT2D eigenvalue weighted by Gasteiger charge is 2.41. The van der Waals surface area contributed by atoms with Crippen LogP contribution in [-0.4, -0.2) is 47.3 Å². The predicted octanol–water partition coefficient (Wildman–Crippen LogP) is 1.23. The quantitative estimate of drug-likeness (QED) is 0.816. The van der Waals surface area contributed by atoms with Crippen molar-refractivity contribution in [2.45, 2.75) is 10.8 Å². The molecule has 0 amide bonds. The van der Waals surface area contributed by atoms with Gasteiger partial charge in [-0.3, -0.25) is 4.68 Å². The van der Waals surface area contributed by atoms with Crippen molar-refractivity contribution in [1.82, 2.24) is 14.1 Å². The van der Waals surface area contributed by atoms with Gasteiger partial charge in [-0.15, -0.1) is 0 Å². The Hall–Kier alpha value is -1.91. The number of sulfonamides is 1. The zero-order valence-electron chi connectivity index (χ0n) is 13.2. The molecule has 2 heterocycles. The molecule has 6 nitrogen and oxygen atoms in total. The van der Waals surface area contributed by atoms with Crippen molar-refractivity contribution in [1.29, 1.82) is 0 Å². The van der Waals surface area contributed by atoms with E-state index >= 15 is 0 Å². The molecule has 3 rings (SSSR count). The number of hydrogen-bond donors (Lipinski definition) is 1. The average Bonchev–Trinajstić information content (AvgIpc) is 3.16. The van der Waals surface area contributed by atoms with E-state index in [0.29, 0.717) is 6.07 Å². The van der Waals surface area contributed by atoms with E-state index in [-0.39, 0.29) is 31.7 Å². The van der Waals surface area contributed by atoms with E-state index in [4.69, 9.17) is 0 Å². The zero-order chi connectivity index (χ0) is 18.4. The highest BCUT2D eigenvalue weighted by Crippen LogP contribution is 2.36. The first-order valence-electron chi connectivity index (χ1n) is 7.48. The second-order valence-corrected chi connectivity index (χ2v) is 7.92. The number of benzene rings is 1. The molecule has 1 N–H and O–H groups in total. The third-order valence-electron chi connectivity index (χ3n) is 4.39. The van der Waals surface area contributed by atoms with Crippen molar-refractivity contribution >= 4 is 10.0 Å². The topological polar surface area (TPSA) is 75.4 Å². The Morgan fingerprint density at radius 1 is 1.20 bits per heavy atom. The molecule has 136 valence electrons. The second kappa shape index (κ2) is 6.43. The molecule has 0 aliphatic carbocycles. The highest BCUT2D eigenvalue weighted by atomic mass is 32.2. The number of aryl methyl sites for hydroxylation is 1. The molecular weight excluding hydrogens is 359 g/mol. The van der Waals surface area contributed by atoms with Crippen LogP contribution in [0.25, 0.3) is 0 Å². The molecule has 1 aliphatic rings. The molecule has 1 aromatic carbocycles. The smallest absolute Gasteiger partial charge is 0.246 e. The van der Waals surface area contributed by atoms with Gasteiger partial charge in [0.15, 0.2) is 11.6 Å². The minimum Gasteiger partial charge on any atom is -0.396 e. The summed E-state index contributed by atoms with van der Waals surface area (Å²) in [5, 5.41) is 13.6. The van der Waals surface area contributed by atoms with E-state index in [9.17, 15) is 26.7 Å². The first-order chi connectivity index (χ1) is 11.7. The van der Waals surface area contributed by atoms with Crippen LogP contribution in [0.2, 0.25) is 0 Å². The Balaban J connectivity index is 1.95. The van der Waals surface area contributed by atoms with Crippen LogP contribution < -0.4 is 0 Å². The lowest BCUT2D eigenvalue weighted by atomic mass is 9.92. The largest absolute Gasteiger partial charge is 0.396 e. The van der Waals surface area contributed by atoms with Gasteiger partial charge >= 0.3 is 0 Å². The SMILES string of the molecule is Cn1cc([C@@H]2CN(S(=O)(=O)c3cc(F)c(F)cc3F)C[C@H]2CO)cn1. The van der Waals surface area contributed by atoms with Crippen LogP contribution >= 0.6 is 0 Å². The van der Waals surface area contributed by atoms with E-state index in [1.165, 1.54) is 0 Å². The van der Waals surface area contributed by atoms with Gasteiger partial charge in [0.2, 0.25) is 10.0 Å². The maximum Gasteiger partial charge on any atom is 0.246 e. The van der Waals surface area contributed by atoms with Crippen molar-refractivity contribution in [3.63, 3.8) is 0 Å². The van der Waals surface area contributed by atoms with E-state index in [1.54, 1.807) is 24.1 Å². The molecular formula is C15H16F3N3O3S. The maximum atomic E-state index is 13.9.